The van der Waals surface area contributed by atoms with Gasteiger partial charge in [0.1, 0.15) is 5.56 Å². The lowest BCUT2D eigenvalue weighted by molar-refractivity contribution is -0.385. The number of benzene rings is 1. The minimum absolute atomic E-state index is 0. The number of nitro benzene ring substituents is 1. The summed E-state index contributed by atoms with van der Waals surface area (Å²) in [6.07, 6.45) is 0.680. The average Bonchev–Trinajstić information content (AvgIpc) is 2.51. The van der Waals surface area contributed by atoms with Gasteiger partial charge in [0.05, 0.1) is 16.5 Å². The summed E-state index contributed by atoms with van der Waals surface area (Å²) in [7, 11) is 0. The number of nitrogens with one attached hydrogen (secondary N) is 2. The van der Waals surface area contributed by atoms with Crippen molar-refractivity contribution in [3.63, 3.8) is 0 Å². The third kappa shape index (κ3) is 6.78. The Hall–Kier alpha value is -1.90. The molecule has 2 amide bonds. The van der Waals surface area contributed by atoms with Gasteiger partial charge in [0.25, 0.3) is 11.6 Å². The summed E-state index contributed by atoms with van der Waals surface area (Å²) < 4.78 is 0. The highest BCUT2D eigenvalue weighted by Gasteiger charge is 2.27. The van der Waals surface area contributed by atoms with Crippen molar-refractivity contribution >= 4 is 41.5 Å². The molecule has 1 aromatic rings. The Morgan fingerprint density at radius 2 is 2.00 bits per heavy atom. The van der Waals surface area contributed by atoms with Crippen LogP contribution >= 0.6 is 24.0 Å². The summed E-state index contributed by atoms with van der Waals surface area (Å²) in [6.45, 7) is 5.76. The van der Waals surface area contributed by atoms with Crippen molar-refractivity contribution in [2.45, 2.75) is 32.7 Å². The first-order valence-corrected chi connectivity index (χ1v) is 8.19. The van der Waals surface area contributed by atoms with Gasteiger partial charge in [-0.15, -0.1) is 12.4 Å². The van der Waals surface area contributed by atoms with Crippen molar-refractivity contribution in [3.8, 4) is 0 Å². The summed E-state index contributed by atoms with van der Waals surface area (Å²) in [5, 5.41) is 16.1. The number of carbonyl (C=O) groups is 2. The maximum absolute atomic E-state index is 12.2. The molecule has 1 atom stereocenters. The van der Waals surface area contributed by atoms with Crippen molar-refractivity contribution in [1.82, 2.24) is 10.6 Å². The van der Waals surface area contributed by atoms with Crippen LogP contribution in [0.15, 0.2) is 18.2 Å². The van der Waals surface area contributed by atoms with E-state index in [2.05, 4.69) is 10.6 Å². The van der Waals surface area contributed by atoms with Gasteiger partial charge in [-0.05, 0) is 25.3 Å². The molecule has 0 saturated heterocycles. The molecule has 1 unspecified atom stereocenters. The zero-order valence-electron chi connectivity index (χ0n) is 14.9. The SMILES string of the molecule is CC(C)CC(C)(CN)NC(=O)CNC(=O)c1c(Cl)cccc1[N+](=O)[O-].Cl. The number of nitrogens with zero attached hydrogens (tertiary/aromatic N) is 1. The second-order valence-electron chi connectivity index (χ2n) is 6.48. The van der Waals surface area contributed by atoms with Gasteiger partial charge in [-0.25, -0.2) is 0 Å². The van der Waals surface area contributed by atoms with Crippen LogP contribution in [0.2, 0.25) is 5.02 Å². The normalized spacial score (nSPS) is 12.7. The summed E-state index contributed by atoms with van der Waals surface area (Å²) in [4.78, 5) is 34.6. The fraction of sp³-hybridized carbons (Fsp3) is 0.500. The Bertz CT molecular complexity index is 670. The number of hydrogen-bond acceptors (Lipinski definition) is 5. The largest absolute Gasteiger partial charge is 0.348 e. The van der Waals surface area contributed by atoms with Crippen LogP contribution in [-0.2, 0) is 4.79 Å². The zero-order chi connectivity index (χ0) is 19.2. The molecule has 0 bridgehead atoms. The lowest BCUT2D eigenvalue weighted by atomic mass is 9.91. The Morgan fingerprint density at radius 1 is 1.38 bits per heavy atom. The molecule has 0 aromatic heterocycles. The summed E-state index contributed by atoms with van der Waals surface area (Å²) in [5.41, 5.74) is 4.45. The van der Waals surface area contributed by atoms with Crippen LogP contribution in [0, 0.1) is 16.0 Å². The number of rotatable bonds is 8. The summed E-state index contributed by atoms with van der Waals surface area (Å²) in [5.74, 6) is -0.892. The fourth-order valence-electron chi connectivity index (χ4n) is 2.61. The zero-order valence-corrected chi connectivity index (χ0v) is 16.4. The van der Waals surface area contributed by atoms with Crippen LogP contribution in [0.1, 0.15) is 37.6 Å². The van der Waals surface area contributed by atoms with E-state index < -0.39 is 28.0 Å². The maximum atomic E-state index is 12.2. The van der Waals surface area contributed by atoms with Gasteiger partial charge < -0.3 is 16.4 Å². The van der Waals surface area contributed by atoms with E-state index in [-0.39, 0.29) is 36.1 Å². The van der Waals surface area contributed by atoms with E-state index in [9.17, 15) is 19.7 Å². The molecule has 8 nitrogen and oxygen atoms in total. The molecule has 0 aliphatic rings. The van der Waals surface area contributed by atoms with E-state index in [1.54, 1.807) is 0 Å². The fourth-order valence-corrected chi connectivity index (χ4v) is 2.86. The molecular weight excluding hydrogens is 383 g/mol. The minimum Gasteiger partial charge on any atom is -0.348 e. The van der Waals surface area contributed by atoms with Crippen LogP contribution in [-0.4, -0.2) is 35.4 Å². The van der Waals surface area contributed by atoms with Gasteiger partial charge in [0, 0.05) is 18.2 Å². The Balaban J connectivity index is 0.00000625. The van der Waals surface area contributed by atoms with Crippen LogP contribution in [0.4, 0.5) is 5.69 Å². The molecule has 10 heteroatoms. The van der Waals surface area contributed by atoms with Gasteiger partial charge in [-0.1, -0.05) is 31.5 Å². The van der Waals surface area contributed by atoms with Crippen molar-refractivity contribution in [3.05, 3.63) is 38.9 Å². The van der Waals surface area contributed by atoms with Crippen LogP contribution in [0.5, 0.6) is 0 Å². The first-order chi connectivity index (χ1) is 11.6. The molecule has 1 aromatic carbocycles. The average molecular weight is 407 g/mol. The summed E-state index contributed by atoms with van der Waals surface area (Å²) >= 11 is 5.89. The number of amides is 2. The molecule has 26 heavy (non-hydrogen) atoms. The highest BCUT2D eigenvalue weighted by molar-refractivity contribution is 6.34. The van der Waals surface area contributed by atoms with Crippen molar-refractivity contribution in [1.29, 1.82) is 0 Å². The Labute approximate surface area is 163 Å². The standard InChI is InChI=1S/C16H23ClN4O4.ClH/c1-10(2)7-16(3,9-18)20-13(22)8-19-15(23)14-11(17)5-4-6-12(14)21(24)25;/h4-6,10H,7-9,18H2,1-3H3,(H,19,23)(H,20,22);1H. The Kier molecular flexibility index (Phi) is 9.55. The molecule has 146 valence electrons. The predicted molar refractivity (Wildman–Crippen MR) is 103 cm³/mol. The smallest absolute Gasteiger partial charge is 0.283 e. The van der Waals surface area contributed by atoms with E-state index in [1.807, 2.05) is 20.8 Å². The molecule has 0 aliphatic heterocycles. The molecule has 0 spiro atoms. The molecule has 0 fully saturated rings. The number of hydrogen-bond donors (Lipinski definition) is 3. The monoisotopic (exact) mass is 406 g/mol. The molecule has 0 saturated carbocycles. The van der Waals surface area contributed by atoms with Gasteiger partial charge in [0.15, 0.2) is 0 Å². The van der Waals surface area contributed by atoms with Crippen molar-refractivity contribution < 1.29 is 14.5 Å². The van der Waals surface area contributed by atoms with Crippen molar-refractivity contribution in [2.24, 2.45) is 11.7 Å². The number of halogens is 2. The molecule has 4 N–H and O–H groups in total. The third-order valence-corrected chi connectivity index (χ3v) is 3.89. The number of carbonyl (C=O) groups excluding carboxylic acids is 2. The molecule has 0 radical (unpaired) electrons. The van der Waals surface area contributed by atoms with E-state index in [4.69, 9.17) is 17.3 Å². The molecular formula is C16H24Cl2N4O4. The van der Waals surface area contributed by atoms with E-state index in [0.717, 1.165) is 0 Å². The second-order valence-corrected chi connectivity index (χ2v) is 6.89. The minimum atomic E-state index is -0.786. The lowest BCUT2D eigenvalue weighted by Crippen LogP contribution is -2.54. The van der Waals surface area contributed by atoms with Crippen molar-refractivity contribution in [2.75, 3.05) is 13.1 Å². The Morgan fingerprint density at radius 3 is 2.50 bits per heavy atom. The predicted octanol–water partition coefficient (Wildman–Crippen LogP) is 2.28. The molecule has 0 aliphatic carbocycles. The van der Waals surface area contributed by atoms with E-state index in [1.165, 1.54) is 18.2 Å². The van der Waals surface area contributed by atoms with Gasteiger partial charge in [0.2, 0.25) is 5.91 Å². The third-order valence-electron chi connectivity index (χ3n) is 3.58. The molecule has 0 heterocycles. The van der Waals surface area contributed by atoms with Crippen LogP contribution < -0.4 is 16.4 Å². The lowest BCUT2D eigenvalue weighted by Gasteiger charge is -2.31. The number of nitro groups is 1. The first kappa shape index (κ1) is 24.1. The van der Waals surface area contributed by atoms with Gasteiger partial charge in [-0.2, -0.15) is 0 Å². The highest BCUT2D eigenvalue weighted by atomic mass is 35.5. The summed E-state index contributed by atoms with van der Waals surface area (Å²) in [6, 6.07) is 3.93. The first-order valence-electron chi connectivity index (χ1n) is 7.82. The second kappa shape index (κ2) is 10.3. The van der Waals surface area contributed by atoms with Gasteiger partial charge in [-0.3, -0.25) is 19.7 Å². The van der Waals surface area contributed by atoms with E-state index >= 15 is 0 Å². The van der Waals surface area contributed by atoms with Crippen LogP contribution in [0.3, 0.4) is 0 Å². The topological polar surface area (TPSA) is 127 Å². The number of nitrogens with two attached hydrogens (primary N) is 1. The van der Waals surface area contributed by atoms with Gasteiger partial charge >= 0.3 is 0 Å². The quantitative estimate of drug-likeness (QED) is 0.450. The van der Waals surface area contributed by atoms with E-state index in [0.29, 0.717) is 12.3 Å². The molecule has 1 rings (SSSR count). The maximum Gasteiger partial charge on any atom is 0.283 e. The van der Waals surface area contributed by atoms with Crippen LogP contribution in [0.25, 0.3) is 0 Å². The highest BCUT2D eigenvalue weighted by Crippen LogP contribution is 2.25.